The van der Waals surface area contributed by atoms with Crippen LogP contribution in [0.5, 0.6) is 0 Å². The molecule has 0 heterocycles. The lowest BCUT2D eigenvalue weighted by atomic mass is 9.94. The van der Waals surface area contributed by atoms with Gasteiger partial charge in [0.25, 0.3) is 0 Å². The van der Waals surface area contributed by atoms with E-state index in [4.69, 9.17) is 5.73 Å². The Balaban J connectivity index is 2.48. The Morgan fingerprint density at radius 1 is 1.29 bits per heavy atom. The van der Waals surface area contributed by atoms with E-state index in [1.54, 1.807) is 0 Å². The number of amides is 1. The molecule has 0 radical (unpaired) electrons. The summed E-state index contributed by atoms with van der Waals surface area (Å²) in [4.78, 5) is 14.2. The molecule has 1 amide bonds. The molecule has 0 spiro atoms. The van der Waals surface area contributed by atoms with Crippen molar-refractivity contribution in [2.24, 2.45) is 17.6 Å². The molecule has 3 nitrogen and oxygen atoms in total. The van der Waals surface area contributed by atoms with Crippen LogP contribution >= 0.6 is 0 Å². The van der Waals surface area contributed by atoms with Gasteiger partial charge < -0.3 is 10.6 Å². The summed E-state index contributed by atoms with van der Waals surface area (Å²) >= 11 is 0. The van der Waals surface area contributed by atoms with E-state index in [-0.39, 0.29) is 17.9 Å². The van der Waals surface area contributed by atoms with Crippen LogP contribution in [0.3, 0.4) is 0 Å². The van der Waals surface area contributed by atoms with Gasteiger partial charge in [0.05, 0.1) is 5.92 Å². The van der Waals surface area contributed by atoms with Gasteiger partial charge in [0, 0.05) is 19.6 Å². The summed E-state index contributed by atoms with van der Waals surface area (Å²) in [6.45, 7) is 5.24. The molecule has 0 aromatic rings. The third-order valence-corrected chi connectivity index (χ3v) is 3.80. The van der Waals surface area contributed by atoms with Crippen LogP contribution in [0.2, 0.25) is 0 Å². The minimum Gasteiger partial charge on any atom is -0.345 e. The molecule has 0 aromatic heterocycles. The molecule has 1 fully saturated rings. The van der Waals surface area contributed by atoms with Crippen molar-refractivity contribution in [1.29, 1.82) is 0 Å². The quantitative estimate of drug-likeness (QED) is 0.767. The van der Waals surface area contributed by atoms with Crippen molar-refractivity contribution in [3.63, 3.8) is 0 Å². The van der Waals surface area contributed by atoms with E-state index in [1.165, 1.54) is 12.8 Å². The second-order valence-electron chi connectivity index (χ2n) is 5.85. The summed E-state index contributed by atoms with van der Waals surface area (Å²) in [6, 6.07) is 0.0755. The second-order valence-corrected chi connectivity index (χ2v) is 5.85. The van der Waals surface area contributed by atoms with E-state index < -0.39 is 0 Å². The van der Waals surface area contributed by atoms with Gasteiger partial charge in [-0.25, -0.2) is 0 Å². The molecule has 1 aliphatic carbocycles. The summed E-state index contributed by atoms with van der Waals surface area (Å²) in [7, 11) is 1.92. The number of carbonyl (C=O) groups is 1. The summed E-state index contributed by atoms with van der Waals surface area (Å²) in [5.74, 6) is 0.975. The fraction of sp³-hybridized carbons (Fsp3) is 0.929. The van der Waals surface area contributed by atoms with E-state index in [1.807, 2.05) is 11.9 Å². The maximum Gasteiger partial charge on any atom is 0.226 e. The first-order valence-corrected chi connectivity index (χ1v) is 7.03. The van der Waals surface area contributed by atoms with Gasteiger partial charge in [-0.1, -0.05) is 33.1 Å². The Labute approximate surface area is 106 Å². The van der Waals surface area contributed by atoms with Crippen molar-refractivity contribution >= 4 is 5.91 Å². The maximum absolute atomic E-state index is 12.3. The molecule has 0 bridgehead atoms. The zero-order valence-electron chi connectivity index (χ0n) is 11.6. The first-order valence-electron chi connectivity index (χ1n) is 7.03. The predicted molar refractivity (Wildman–Crippen MR) is 71.6 cm³/mol. The molecular weight excluding hydrogens is 212 g/mol. The maximum atomic E-state index is 12.3. The average Bonchev–Trinajstić information content (AvgIpc) is 2.49. The SMILES string of the molecule is CC(C)CCN(C)C(=O)C1CCCCCC1N. The highest BCUT2D eigenvalue weighted by Gasteiger charge is 2.28. The Morgan fingerprint density at radius 2 is 1.94 bits per heavy atom. The van der Waals surface area contributed by atoms with Crippen LogP contribution in [0.25, 0.3) is 0 Å². The van der Waals surface area contributed by atoms with Crippen LogP contribution < -0.4 is 5.73 Å². The minimum atomic E-state index is 0.0645. The molecule has 100 valence electrons. The van der Waals surface area contributed by atoms with E-state index in [9.17, 15) is 4.79 Å². The third kappa shape index (κ3) is 4.66. The molecule has 3 heteroatoms. The molecule has 2 unspecified atom stereocenters. The van der Waals surface area contributed by atoms with E-state index >= 15 is 0 Å². The first-order chi connectivity index (χ1) is 8.02. The van der Waals surface area contributed by atoms with Gasteiger partial charge >= 0.3 is 0 Å². The van der Waals surface area contributed by atoms with Crippen LogP contribution in [0.4, 0.5) is 0 Å². The topological polar surface area (TPSA) is 46.3 Å². The Kier molecular flexibility index (Phi) is 5.96. The molecule has 1 saturated carbocycles. The molecule has 1 aliphatic rings. The normalized spacial score (nSPS) is 25.7. The molecule has 1 rings (SSSR count). The lowest BCUT2D eigenvalue weighted by Crippen LogP contribution is -2.42. The van der Waals surface area contributed by atoms with E-state index in [0.29, 0.717) is 5.92 Å². The highest BCUT2D eigenvalue weighted by atomic mass is 16.2. The third-order valence-electron chi connectivity index (χ3n) is 3.80. The van der Waals surface area contributed by atoms with Crippen molar-refractivity contribution in [3.05, 3.63) is 0 Å². The number of carbonyl (C=O) groups excluding carboxylic acids is 1. The smallest absolute Gasteiger partial charge is 0.226 e. The van der Waals surface area contributed by atoms with E-state index in [0.717, 1.165) is 32.2 Å². The second kappa shape index (κ2) is 7.00. The average molecular weight is 240 g/mol. The largest absolute Gasteiger partial charge is 0.345 e. The zero-order chi connectivity index (χ0) is 12.8. The fourth-order valence-electron chi connectivity index (χ4n) is 2.49. The zero-order valence-corrected chi connectivity index (χ0v) is 11.6. The van der Waals surface area contributed by atoms with E-state index in [2.05, 4.69) is 13.8 Å². The molecule has 17 heavy (non-hydrogen) atoms. The molecule has 2 N–H and O–H groups in total. The van der Waals surface area contributed by atoms with Crippen molar-refractivity contribution < 1.29 is 4.79 Å². The van der Waals surface area contributed by atoms with Gasteiger partial charge in [0.15, 0.2) is 0 Å². The minimum absolute atomic E-state index is 0.0645. The standard InChI is InChI=1S/C14H28N2O/c1-11(2)9-10-16(3)14(17)12-7-5-4-6-8-13(12)15/h11-13H,4-10,15H2,1-3H3. The Hall–Kier alpha value is -0.570. The highest BCUT2D eigenvalue weighted by Crippen LogP contribution is 2.23. The highest BCUT2D eigenvalue weighted by molar-refractivity contribution is 5.79. The molecule has 2 atom stereocenters. The van der Waals surface area contributed by atoms with Gasteiger partial charge in [-0.05, 0) is 25.2 Å². The summed E-state index contributed by atoms with van der Waals surface area (Å²) in [5.41, 5.74) is 6.13. The summed E-state index contributed by atoms with van der Waals surface area (Å²) in [5, 5.41) is 0. The Morgan fingerprint density at radius 3 is 2.59 bits per heavy atom. The van der Waals surface area contributed by atoms with Crippen molar-refractivity contribution in [2.75, 3.05) is 13.6 Å². The monoisotopic (exact) mass is 240 g/mol. The van der Waals surface area contributed by atoms with Crippen molar-refractivity contribution in [1.82, 2.24) is 4.90 Å². The molecule has 0 saturated heterocycles. The number of hydrogen-bond donors (Lipinski definition) is 1. The molecule has 0 aromatic carbocycles. The first kappa shape index (κ1) is 14.5. The lowest BCUT2D eigenvalue weighted by Gasteiger charge is -2.27. The van der Waals surface area contributed by atoms with Crippen LogP contribution in [-0.2, 0) is 4.79 Å². The van der Waals surface area contributed by atoms with Crippen molar-refractivity contribution in [2.45, 2.75) is 58.4 Å². The number of rotatable bonds is 4. The van der Waals surface area contributed by atoms with Crippen LogP contribution in [-0.4, -0.2) is 30.4 Å². The van der Waals surface area contributed by atoms with Crippen LogP contribution in [0.1, 0.15) is 52.4 Å². The Bertz CT molecular complexity index is 240. The molecular formula is C14H28N2O. The number of nitrogens with zero attached hydrogens (tertiary/aromatic N) is 1. The number of hydrogen-bond acceptors (Lipinski definition) is 2. The van der Waals surface area contributed by atoms with Crippen LogP contribution in [0.15, 0.2) is 0 Å². The van der Waals surface area contributed by atoms with Crippen molar-refractivity contribution in [3.8, 4) is 0 Å². The van der Waals surface area contributed by atoms with Crippen LogP contribution in [0, 0.1) is 11.8 Å². The van der Waals surface area contributed by atoms with Gasteiger partial charge in [-0.3, -0.25) is 4.79 Å². The van der Waals surface area contributed by atoms with Gasteiger partial charge in [-0.2, -0.15) is 0 Å². The lowest BCUT2D eigenvalue weighted by molar-refractivity contribution is -0.135. The number of nitrogens with two attached hydrogens (primary N) is 1. The van der Waals surface area contributed by atoms with Gasteiger partial charge in [0.1, 0.15) is 0 Å². The van der Waals surface area contributed by atoms with Gasteiger partial charge in [-0.15, -0.1) is 0 Å². The van der Waals surface area contributed by atoms with Gasteiger partial charge in [0.2, 0.25) is 5.91 Å². The summed E-state index contributed by atoms with van der Waals surface area (Å²) in [6.07, 6.45) is 6.63. The predicted octanol–water partition coefficient (Wildman–Crippen LogP) is 2.40. The summed E-state index contributed by atoms with van der Waals surface area (Å²) < 4.78 is 0. The molecule has 0 aliphatic heterocycles. The fourth-order valence-corrected chi connectivity index (χ4v) is 2.49.